The van der Waals surface area contributed by atoms with Crippen LogP contribution in [0, 0.1) is 13.8 Å². The molecule has 2 aromatic carbocycles. The van der Waals surface area contributed by atoms with Crippen LogP contribution in [0.2, 0.25) is 0 Å². The van der Waals surface area contributed by atoms with Gasteiger partial charge in [-0.25, -0.2) is 0 Å². The highest BCUT2D eigenvalue weighted by molar-refractivity contribution is 5.23. The lowest BCUT2D eigenvalue weighted by Crippen LogP contribution is -1.89. The van der Waals surface area contributed by atoms with Gasteiger partial charge in [0.15, 0.2) is 0 Å². The van der Waals surface area contributed by atoms with E-state index in [0.717, 1.165) is 11.1 Å². The molecule has 20 heavy (non-hydrogen) atoms. The van der Waals surface area contributed by atoms with E-state index in [9.17, 15) is 0 Å². The van der Waals surface area contributed by atoms with Crippen LogP contribution >= 0.6 is 0 Å². The lowest BCUT2D eigenvalue weighted by molar-refractivity contribution is 0.199. The van der Waals surface area contributed by atoms with E-state index in [0.29, 0.717) is 0 Å². The van der Waals surface area contributed by atoms with Crippen molar-refractivity contribution >= 4 is 0 Å². The number of benzene rings is 2. The molecule has 0 radical (unpaired) electrons. The van der Waals surface area contributed by atoms with E-state index in [1.54, 1.807) is 13.8 Å². The predicted molar refractivity (Wildman–Crippen MR) is 83.6 cm³/mol. The quantitative estimate of drug-likeness (QED) is 0.864. The number of aliphatic hydroxyl groups is 2. The summed E-state index contributed by atoms with van der Waals surface area (Å²) in [6.45, 7) is 7.60. The molecule has 0 fully saturated rings. The van der Waals surface area contributed by atoms with E-state index in [4.69, 9.17) is 10.2 Å². The third-order valence-corrected chi connectivity index (χ3v) is 3.12. The van der Waals surface area contributed by atoms with Crippen molar-refractivity contribution in [1.82, 2.24) is 0 Å². The first-order valence-electron chi connectivity index (χ1n) is 6.89. The largest absolute Gasteiger partial charge is 0.389 e. The number of aliphatic hydroxyl groups excluding tert-OH is 2. The lowest BCUT2D eigenvalue weighted by atomic mass is 10.1. The monoisotopic (exact) mass is 272 g/mol. The Labute approximate surface area is 121 Å². The highest BCUT2D eigenvalue weighted by Crippen LogP contribution is 2.12. The van der Waals surface area contributed by atoms with Gasteiger partial charge in [-0.2, -0.15) is 0 Å². The zero-order valence-electron chi connectivity index (χ0n) is 12.7. The summed E-state index contributed by atoms with van der Waals surface area (Å²) in [4.78, 5) is 0. The van der Waals surface area contributed by atoms with Crippen LogP contribution in [0.4, 0.5) is 0 Å². The summed E-state index contributed by atoms with van der Waals surface area (Å²) < 4.78 is 0. The maximum atomic E-state index is 9.11. The molecule has 0 aromatic heterocycles. The first-order chi connectivity index (χ1) is 9.40. The van der Waals surface area contributed by atoms with Crippen molar-refractivity contribution in [2.75, 3.05) is 0 Å². The SMILES string of the molecule is Cc1ccc(C(C)O)cc1.Cc1ccc(C(C)O)cc1. The third-order valence-electron chi connectivity index (χ3n) is 3.12. The van der Waals surface area contributed by atoms with Gasteiger partial charge in [0.05, 0.1) is 12.2 Å². The van der Waals surface area contributed by atoms with Gasteiger partial charge in [0.2, 0.25) is 0 Å². The fraction of sp³-hybridized carbons (Fsp3) is 0.333. The maximum absolute atomic E-state index is 9.11. The standard InChI is InChI=1S/2C9H12O/c2*1-7-3-5-9(6-4-7)8(2)10/h2*3-6,8,10H,1-2H3. The molecule has 2 nitrogen and oxygen atoms in total. The van der Waals surface area contributed by atoms with Gasteiger partial charge in [0.25, 0.3) is 0 Å². The average molecular weight is 272 g/mol. The van der Waals surface area contributed by atoms with Crippen LogP contribution in [0.25, 0.3) is 0 Å². The van der Waals surface area contributed by atoms with E-state index in [1.807, 2.05) is 62.4 Å². The van der Waals surface area contributed by atoms with Crippen LogP contribution in [0.5, 0.6) is 0 Å². The lowest BCUT2D eigenvalue weighted by Gasteiger charge is -2.02. The molecular weight excluding hydrogens is 248 g/mol. The van der Waals surface area contributed by atoms with E-state index >= 15 is 0 Å². The van der Waals surface area contributed by atoms with Gasteiger partial charge in [-0.05, 0) is 38.8 Å². The molecule has 0 spiro atoms. The van der Waals surface area contributed by atoms with Crippen molar-refractivity contribution < 1.29 is 10.2 Å². The first kappa shape index (κ1) is 16.4. The van der Waals surface area contributed by atoms with E-state index < -0.39 is 0 Å². The van der Waals surface area contributed by atoms with Crippen molar-refractivity contribution in [3.63, 3.8) is 0 Å². The van der Waals surface area contributed by atoms with Crippen molar-refractivity contribution in [1.29, 1.82) is 0 Å². The second kappa shape index (κ2) is 7.83. The Kier molecular flexibility index (Phi) is 6.43. The molecule has 2 unspecified atom stereocenters. The highest BCUT2D eigenvalue weighted by Gasteiger charge is 1.97. The first-order valence-corrected chi connectivity index (χ1v) is 6.89. The van der Waals surface area contributed by atoms with Crippen molar-refractivity contribution in [2.45, 2.75) is 39.9 Å². The Morgan fingerprint density at radius 1 is 0.600 bits per heavy atom. The Morgan fingerprint density at radius 3 is 1.05 bits per heavy atom. The van der Waals surface area contributed by atoms with Crippen LogP contribution in [-0.4, -0.2) is 10.2 Å². The van der Waals surface area contributed by atoms with Gasteiger partial charge in [-0.1, -0.05) is 59.7 Å². The average Bonchev–Trinajstić information content (AvgIpc) is 2.40. The second-order valence-electron chi connectivity index (χ2n) is 5.17. The van der Waals surface area contributed by atoms with E-state index in [2.05, 4.69) is 0 Å². The summed E-state index contributed by atoms with van der Waals surface area (Å²) in [7, 11) is 0. The zero-order chi connectivity index (χ0) is 15.1. The molecule has 0 heterocycles. The molecule has 2 rings (SSSR count). The Morgan fingerprint density at radius 2 is 0.850 bits per heavy atom. The number of rotatable bonds is 2. The minimum absolute atomic E-state index is 0.347. The van der Waals surface area contributed by atoms with Crippen LogP contribution in [0.15, 0.2) is 48.5 Å². The molecule has 0 aliphatic rings. The highest BCUT2D eigenvalue weighted by atomic mass is 16.3. The van der Waals surface area contributed by atoms with Crippen LogP contribution in [0.1, 0.15) is 48.3 Å². The maximum Gasteiger partial charge on any atom is 0.0761 e. The number of hydrogen-bond acceptors (Lipinski definition) is 2. The summed E-state index contributed by atoms with van der Waals surface area (Å²) in [6, 6.07) is 15.8. The Hall–Kier alpha value is -1.64. The Balaban J connectivity index is 0.000000200. The van der Waals surface area contributed by atoms with Gasteiger partial charge in [-0.15, -0.1) is 0 Å². The van der Waals surface area contributed by atoms with Gasteiger partial charge in [0.1, 0.15) is 0 Å². The predicted octanol–water partition coefficient (Wildman–Crippen LogP) is 4.10. The van der Waals surface area contributed by atoms with Crippen molar-refractivity contribution in [3.05, 3.63) is 70.8 Å². The fourth-order valence-corrected chi connectivity index (χ4v) is 1.69. The van der Waals surface area contributed by atoms with Crippen LogP contribution < -0.4 is 0 Å². The Bertz CT molecular complexity index is 446. The van der Waals surface area contributed by atoms with Gasteiger partial charge in [-0.3, -0.25) is 0 Å². The zero-order valence-corrected chi connectivity index (χ0v) is 12.7. The molecule has 108 valence electrons. The molecule has 2 aromatic rings. The molecule has 2 heteroatoms. The third kappa shape index (κ3) is 5.55. The molecule has 2 N–H and O–H groups in total. The number of aryl methyl sites for hydroxylation is 2. The molecule has 0 amide bonds. The van der Waals surface area contributed by atoms with E-state index in [1.165, 1.54) is 11.1 Å². The normalized spacial score (nSPS) is 13.1. The van der Waals surface area contributed by atoms with Crippen molar-refractivity contribution in [2.24, 2.45) is 0 Å². The van der Waals surface area contributed by atoms with Gasteiger partial charge >= 0.3 is 0 Å². The summed E-state index contributed by atoms with van der Waals surface area (Å²) in [5.74, 6) is 0. The van der Waals surface area contributed by atoms with Gasteiger partial charge in [0, 0.05) is 0 Å². The summed E-state index contributed by atoms with van der Waals surface area (Å²) >= 11 is 0. The molecule has 2 atom stereocenters. The van der Waals surface area contributed by atoms with E-state index in [-0.39, 0.29) is 12.2 Å². The summed E-state index contributed by atoms with van der Waals surface area (Å²) in [5.41, 5.74) is 4.41. The van der Waals surface area contributed by atoms with Crippen molar-refractivity contribution in [3.8, 4) is 0 Å². The van der Waals surface area contributed by atoms with Crippen LogP contribution in [-0.2, 0) is 0 Å². The molecule has 0 aliphatic carbocycles. The van der Waals surface area contributed by atoms with Crippen LogP contribution in [0.3, 0.4) is 0 Å². The molecule has 0 aliphatic heterocycles. The minimum Gasteiger partial charge on any atom is -0.389 e. The second-order valence-corrected chi connectivity index (χ2v) is 5.17. The fourth-order valence-electron chi connectivity index (χ4n) is 1.69. The smallest absolute Gasteiger partial charge is 0.0761 e. The topological polar surface area (TPSA) is 40.5 Å². The summed E-state index contributed by atoms with van der Waals surface area (Å²) in [6.07, 6.45) is -0.693. The summed E-state index contributed by atoms with van der Waals surface area (Å²) in [5, 5.41) is 18.2. The molecule has 0 saturated heterocycles. The molecule has 0 bridgehead atoms. The molecule has 0 saturated carbocycles. The van der Waals surface area contributed by atoms with Gasteiger partial charge < -0.3 is 10.2 Å². The minimum atomic E-state index is -0.347. The number of hydrogen-bond donors (Lipinski definition) is 2. The molecular formula is C18H24O2.